The van der Waals surface area contributed by atoms with Crippen LogP contribution in [-0.2, 0) is 0 Å². The summed E-state index contributed by atoms with van der Waals surface area (Å²) in [6.45, 7) is 6.15. The monoisotopic (exact) mass is 285 g/mol. The van der Waals surface area contributed by atoms with Gasteiger partial charge in [-0.05, 0) is 87.5 Å². The number of benzene rings is 1. The lowest BCUT2D eigenvalue weighted by Gasteiger charge is -2.37. The lowest BCUT2D eigenvalue weighted by Crippen LogP contribution is -2.25. The van der Waals surface area contributed by atoms with E-state index in [1.165, 1.54) is 56.9 Å². The van der Waals surface area contributed by atoms with Gasteiger partial charge in [-0.2, -0.15) is 0 Å². The summed E-state index contributed by atoms with van der Waals surface area (Å²) in [4.78, 5) is 0. The highest BCUT2D eigenvalue weighted by Gasteiger charge is 2.30. The minimum Gasteiger partial charge on any atom is -0.103 e. The zero-order valence-corrected chi connectivity index (χ0v) is 13.6. The first-order valence-corrected chi connectivity index (χ1v) is 8.95. The minimum atomic E-state index is 0. The summed E-state index contributed by atoms with van der Waals surface area (Å²) in [5, 5.41) is 0. The largest absolute Gasteiger partial charge is 0.103 e. The maximum atomic E-state index is 3.97. The van der Waals surface area contributed by atoms with Crippen molar-refractivity contribution >= 4 is 0 Å². The van der Waals surface area contributed by atoms with Gasteiger partial charge in [-0.25, -0.2) is 0 Å². The third-order valence-corrected chi connectivity index (χ3v) is 6.14. The Balaban J connectivity index is 0.00000176. The van der Waals surface area contributed by atoms with E-state index in [9.17, 15) is 0 Å². The first kappa shape index (κ1) is 14.9. The molecule has 2 fully saturated rings. The molecule has 2 saturated carbocycles. The Labute approximate surface area is 132 Å². The van der Waals surface area contributed by atoms with Crippen LogP contribution in [0.3, 0.4) is 0 Å². The summed E-state index contributed by atoms with van der Waals surface area (Å²) in [6, 6.07) is 9.27. The highest BCUT2D eigenvalue weighted by molar-refractivity contribution is 5.24. The summed E-state index contributed by atoms with van der Waals surface area (Å²) < 4.78 is 0. The molecule has 116 valence electrons. The molecule has 2 aliphatic rings. The van der Waals surface area contributed by atoms with Crippen molar-refractivity contribution in [3.63, 3.8) is 0 Å². The highest BCUT2D eigenvalue weighted by Crippen LogP contribution is 2.43. The van der Waals surface area contributed by atoms with Crippen molar-refractivity contribution in [3.05, 3.63) is 48.0 Å². The quantitative estimate of drug-likeness (QED) is 0.555. The Morgan fingerprint density at radius 2 is 1.38 bits per heavy atom. The first-order valence-electron chi connectivity index (χ1n) is 8.95. The lowest BCUT2D eigenvalue weighted by atomic mass is 9.68. The van der Waals surface area contributed by atoms with Crippen LogP contribution in [0.4, 0.5) is 0 Å². The van der Waals surface area contributed by atoms with E-state index in [0.717, 1.165) is 23.7 Å². The number of hydrogen-bond acceptors (Lipinski definition) is 0. The molecule has 21 heavy (non-hydrogen) atoms. The molecule has 0 spiro atoms. The molecule has 0 bridgehead atoms. The molecular formula is C21H32. The Kier molecular flexibility index (Phi) is 4.83. The molecule has 3 rings (SSSR count). The molecule has 0 heterocycles. The van der Waals surface area contributed by atoms with E-state index >= 15 is 0 Å². The second-order valence-corrected chi connectivity index (χ2v) is 7.43. The van der Waals surface area contributed by atoms with Crippen molar-refractivity contribution in [2.75, 3.05) is 0 Å². The molecule has 0 nitrogen and oxygen atoms in total. The van der Waals surface area contributed by atoms with Crippen LogP contribution in [0.5, 0.6) is 0 Å². The molecule has 0 atom stereocenters. The van der Waals surface area contributed by atoms with E-state index in [-0.39, 0.29) is 1.43 Å². The maximum absolute atomic E-state index is 3.97. The highest BCUT2D eigenvalue weighted by atomic mass is 14.4. The summed E-state index contributed by atoms with van der Waals surface area (Å²) in [5.74, 6) is 3.66. The normalized spacial score (nSPS) is 33.6. The van der Waals surface area contributed by atoms with Crippen LogP contribution >= 0.6 is 0 Å². The van der Waals surface area contributed by atoms with Gasteiger partial charge in [0.15, 0.2) is 0 Å². The summed E-state index contributed by atoms with van der Waals surface area (Å²) >= 11 is 0. The van der Waals surface area contributed by atoms with E-state index in [4.69, 9.17) is 0 Å². The van der Waals surface area contributed by atoms with Crippen LogP contribution in [-0.4, -0.2) is 0 Å². The van der Waals surface area contributed by atoms with Gasteiger partial charge >= 0.3 is 0 Å². The topological polar surface area (TPSA) is 0 Å². The zero-order chi connectivity index (χ0) is 14.7. The van der Waals surface area contributed by atoms with Crippen LogP contribution in [0.25, 0.3) is 0 Å². The van der Waals surface area contributed by atoms with Crippen LogP contribution in [0.15, 0.2) is 36.9 Å². The average molecular weight is 285 g/mol. The Bertz CT molecular complexity index is 445. The molecule has 0 N–H and O–H groups in total. The fourth-order valence-electron chi connectivity index (χ4n) is 4.61. The smallest absolute Gasteiger partial charge is 0 e. The van der Waals surface area contributed by atoms with E-state index in [1.54, 1.807) is 5.56 Å². The van der Waals surface area contributed by atoms with E-state index < -0.39 is 0 Å². The molecule has 1 aromatic rings. The second kappa shape index (κ2) is 6.81. The standard InChI is InChI=1S/C21H30.H2/c1-3-17-6-10-19(11-7-17)21-14-12-20(13-15-21)18-8-4-16(2)5-9-18;/h3-5,8-9,17,19-21H,1,6-7,10-15H2,2H3;1H/i;1+1. The molecule has 0 aromatic heterocycles. The minimum absolute atomic E-state index is 0. The molecule has 2 aliphatic carbocycles. The van der Waals surface area contributed by atoms with Crippen LogP contribution in [0.1, 0.15) is 69.8 Å². The van der Waals surface area contributed by atoms with Gasteiger partial charge in [0.05, 0.1) is 0 Å². The van der Waals surface area contributed by atoms with Gasteiger partial charge in [-0.1, -0.05) is 35.9 Å². The molecule has 1 aromatic carbocycles. The van der Waals surface area contributed by atoms with Gasteiger partial charge in [-0.3, -0.25) is 0 Å². The molecule has 0 amide bonds. The zero-order valence-electron chi connectivity index (χ0n) is 13.6. The van der Waals surface area contributed by atoms with Gasteiger partial charge in [0.25, 0.3) is 0 Å². The lowest BCUT2D eigenvalue weighted by molar-refractivity contribution is 0.171. The number of hydrogen-bond donors (Lipinski definition) is 0. The second-order valence-electron chi connectivity index (χ2n) is 7.43. The third-order valence-electron chi connectivity index (χ3n) is 6.14. The fraction of sp³-hybridized carbons (Fsp3) is 0.619. The first-order chi connectivity index (χ1) is 10.3. The van der Waals surface area contributed by atoms with Crippen molar-refractivity contribution in [2.24, 2.45) is 17.8 Å². The number of aryl methyl sites for hydroxylation is 1. The summed E-state index contributed by atoms with van der Waals surface area (Å²) in [5.41, 5.74) is 2.96. The van der Waals surface area contributed by atoms with Crippen molar-refractivity contribution in [3.8, 4) is 0 Å². The van der Waals surface area contributed by atoms with E-state index in [1.807, 2.05) is 0 Å². The predicted molar refractivity (Wildman–Crippen MR) is 93.6 cm³/mol. The molecular weight excluding hydrogens is 252 g/mol. The van der Waals surface area contributed by atoms with E-state index in [0.29, 0.717) is 0 Å². The SMILES string of the molecule is C=CC1CCC(C2CCC(c3ccc(C)cc3)CC2)CC1.[2HH]. The van der Waals surface area contributed by atoms with Gasteiger partial charge in [0.2, 0.25) is 0 Å². The van der Waals surface area contributed by atoms with Crippen LogP contribution in [0.2, 0.25) is 0 Å². The van der Waals surface area contributed by atoms with Crippen LogP contribution in [0, 0.1) is 24.7 Å². The molecule has 0 unspecified atom stereocenters. The molecule has 0 heteroatoms. The van der Waals surface area contributed by atoms with Gasteiger partial charge in [-0.15, -0.1) is 6.58 Å². The van der Waals surface area contributed by atoms with Crippen LogP contribution < -0.4 is 0 Å². The summed E-state index contributed by atoms with van der Waals surface area (Å²) in [7, 11) is 0. The molecule has 0 radical (unpaired) electrons. The molecule has 0 saturated heterocycles. The maximum Gasteiger partial charge on any atom is 0 e. The predicted octanol–water partition coefficient (Wildman–Crippen LogP) is 6.51. The summed E-state index contributed by atoms with van der Waals surface area (Å²) in [6.07, 6.45) is 13.6. The van der Waals surface area contributed by atoms with Crippen molar-refractivity contribution < 1.29 is 1.43 Å². The van der Waals surface area contributed by atoms with Crippen molar-refractivity contribution in [1.29, 1.82) is 0 Å². The third kappa shape index (κ3) is 3.59. The van der Waals surface area contributed by atoms with E-state index in [2.05, 4.69) is 43.8 Å². The fourth-order valence-corrected chi connectivity index (χ4v) is 4.61. The average Bonchev–Trinajstić information content (AvgIpc) is 2.56. The Morgan fingerprint density at radius 3 is 1.90 bits per heavy atom. The number of allylic oxidation sites excluding steroid dienone is 1. The molecule has 0 aliphatic heterocycles. The van der Waals surface area contributed by atoms with Crippen molar-refractivity contribution in [2.45, 2.75) is 64.2 Å². The van der Waals surface area contributed by atoms with Gasteiger partial charge < -0.3 is 0 Å². The Morgan fingerprint density at radius 1 is 0.857 bits per heavy atom. The van der Waals surface area contributed by atoms with Gasteiger partial charge in [0, 0.05) is 1.43 Å². The number of rotatable bonds is 3. The van der Waals surface area contributed by atoms with Crippen molar-refractivity contribution in [1.82, 2.24) is 0 Å². The van der Waals surface area contributed by atoms with Gasteiger partial charge in [0.1, 0.15) is 0 Å². The Hall–Kier alpha value is -1.04.